The molecule has 3 amide bonds. The van der Waals surface area contributed by atoms with E-state index in [-0.39, 0.29) is 11.9 Å². The number of ether oxygens (including phenoxy) is 1. The highest BCUT2D eigenvalue weighted by molar-refractivity contribution is 5.95. The van der Waals surface area contributed by atoms with Crippen LogP contribution in [0.25, 0.3) is 0 Å². The highest BCUT2D eigenvalue weighted by Gasteiger charge is 2.41. The normalized spacial score (nSPS) is 18.7. The highest BCUT2D eigenvalue weighted by Crippen LogP contribution is 2.27. The molecule has 3 rings (SSSR count). The second-order valence-electron chi connectivity index (χ2n) is 7.75. The molecule has 0 spiro atoms. The number of hydrogen-bond donors (Lipinski definition) is 2. The van der Waals surface area contributed by atoms with Gasteiger partial charge in [0.1, 0.15) is 0 Å². The Morgan fingerprint density at radius 2 is 2.10 bits per heavy atom. The molecule has 156 valence electrons. The molecule has 2 N–H and O–H groups in total. The van der Waals surface area contributed by atoms with Gasteiger partial charge < -0.3 is 20.3 Å². The van der Waals surface area contributed by atoms with E-state index in [1.807, 2.05) is 38.1 Å². The van der Waals surface area contributed by atoms with Gasteiger partial charge in [0.15, 0.2) is 0 Å². The Morgan fingerprint density at radius 1 is 1.31 bits per heavy atom. The first-order valence-corrected chi connectivity index (χ1v) is 9.76. The van der Waals surface area contributed by atoms with Gasteiger partial charge in [-0.15, -0.1) is 0 Å². The summed E-state index contributed by atoms with van der Waals surface area (Å²) in [5, 5.41) is 10.3. The number of hydrogen-bond acceptors (Lipinski definition) is 4. The first-order valence-electron chi connectivity index (χ1n) is 9.76. The van der Waals surface area contributed by atoms with Gasteiger partial charge in [-0.2, -0.15) is 5.10 Å². The lowest BCUT2D eigenvalue weighted by Gasteiger charge is -2.30. The van der Waals surface area contributed by atoms with Crippen molar-refractivity contribution in [3.63, 3.8) is 0 Å². The summed E-state index contributed by atoms with van der Waals surface area (Å²) < 4.78 is 6.90. The van der Waals surface area contributed by atoms with Gasteiger partial charge in [0.2, 0.25) is 0 Å². The maximum Gasteiger partial charge on any atom is 0.319 e. The van der Waals surface area contributed by atoms with E-state index in [1.54, 1.807) is 29.9 Å². The molecule has 1 aliphatic heterocycles. The van der Waals surface area contributed by atoms with Gasteiger partial charge in [0, 0.05) is 45.7 Å². The van der Waals surface area contributed by atoms with E-state index >= 15 is 0 Å². The molecule has 1 unspecified atom stereocenters. The molecule has 0 aliphatic carbocycles. The monoisotopic (exact) mass is 399 g/mol. The Bertz CT molecular complexity index is 894. The molecule has 1 fully saturated rings. The van der Waals surface area contributed by atoms with E-state index in [2.05, 4.69) is 15.7 Å². The number of aromatic nitrogens is 2. The number of urea groups is 1. The average Bonchev–Trinajstić information content (AvgIpc) is 3.22. The van der Waals surface area contributed by atoms with Gasteiger partial charge in [-0.3, -0.25) is 9.48 Å². The minimum Gasteiger partial charge on any atom is -0.385 e. The largest absolute Gasteiger partial charge is 0.385 e. The number of anilines is 1. The van der Waals surface area contributed by atoms with Crippen molar-refractivity contribution < 1.29 is 14.3 Å². The fourth-order valence-electron chi connectivity index (χ4n) is 3.82. The summed E-state index contributed by atoms with van der Waals surface area (Å²) in [5.41, 5.74) is 2.58. The molecule has 29 heavy (non-hydrogen) atoms. The van der Waals surface area contributed by atoms with Gasteiger partial charge in [0.05, 0.1) is 16.8 Å². The zero-order valence-corrected chi connectivity index (χ0v) is 17.5. The summed E-state index contributed by atoms with van der Waals surface area (Å²) in [4.78, 5) is 27.4. The molecular formula is C21H29N5O3. The predicted molar refractivity (Wildman–Crippen MR) is 111 cm³/mol. The number of nitrogens with zero attached hydrogens (tertiary/aromatic N) is 3. The predicted octanol–water partition coefficient (Wildman–Crippen LogP) is 2.48. The Labute approximate surface area is 171 Å². The van der Waals surface area contributed by atoms with Crippen molar-refractivity contribution >= 4 is 17.6 Å². The van der Waals surface area contributed by atoms with E-state index in [0.29, 0.717) is 43.8 Å². The van der Waals surface area contributed by atoms with Crippen molar-refractivity contribution in [2.24, 2.45) is 7.05 Å². The molecule has 8 heteroatoms. The van der Waals surface area contributed by atoms with Crippen LogP contribution in [0.4, 0.5) is 10.5 Å². The minimum absolute atomic E-state index is 0.0595. The van der Waals surface area contributed by atoms with Crippen LogP contribution in [-0.2, 0) is 11.8 Å². The minimum atomic E-state index is -0.532. The van der Waals surface area contributed by atoms with Gasteiger partial charge in [-0.25, -0.2) is 4.79 Å². The molecular weight excluding hydrogens is 370 g/mol. The zero-order chi connectivity index (χ0) is 21.0. The van der Waals surface area contributed by atoms with Crippen molar-refractivity contribution in [1.82, 2.24) is 20.0 Å². The Kier molecular flexibility index (Phi) is 6.22. The Morgan fingerprint density at radius 3 is 2.76 bits per heavy atom. The smallest absolute Gasteiger partial charge is 0.319 e. The standard InChI is InChI=1S/C21H29N5O3/c1-15-6-5-7-17(12-15)22-20(28)23-21(9-11-29-4)8-10-26(14-21)19(27)18-13-25(3)24-16(18)2/h5-7,12-13H,8-11,14H2,1-4H3,(H2,22,23,28). The lowest BCUT2D eigenvalue weighted by atomic mass is 9.94. The van der Waals surface area contributed by atoms with Gasteiger partial charge >= 0.3 is 6.03 Å². The van der Waals surface area contributed by atoms with Crippen molar-refractivity contribution in [2.45, 2.75) is 32.2 Å². The molecule has 2 aromatic rings. The molecule has 1 aromatic carbocycles. The third-order valence-electron chi connectivity index (χ3n) is 5.32. The first kappa shape index (κ1) is 20.9. The van der Waals surface area contributed by atoms with Crippen LogP contribution in [0.5, 0.6) is 0 Å². The summed E-state index contributed by atoms with van der Waals surface area (Å²) in [6.45, 7) is 5.31. The van der Waals surface area contributed by atoms with Crippen LogP contribution in [0, 0.1) is 13.8 Å². The molecule has 1 aliphatic rings. The molecule has 1 aromatic heterocycles. The van der Waals surface area contributed by atoms with Gasteiger partial charge in [0.25, 0.3) is 5.91 Å². The van der Waals surface area contributed by atoms with E-state index in [1.165, 1.54) is 0 Å². The summed E-state index contributed by atoms with van der Waals surface area (Å²) in [6.07, 6.45) is 3.04. The number of likely N-dealkylation sites (tertiary alicyclic amines) is 1. The number of aryl methyl sites for hydroxylation is 3. The van der Waals surface area contributed by atoms with E-state index in [0.717, 1.165) is 11.3 Å². The highest BCUT2D eigenvalue weighted by atomic mass is 16.5. The first-order chi connectivity index (χ1) is 13.8. The number of carbonyl (C=O) groups is 2. The van der Waals surface area contributed by atoms with Crippen LogP contribution < -0.4 is 10.6 Å². The second kappa shape index (κ2) is 8.65. The number of amides is 3. The summed E-state index contributed by atoms with van der Waals surface area (Å²) in [5.74, 6) is -0.0595. The quantitative estimate of drug-likeness (QED) is 0.781. The van der Waals surface area contributed by atoms with Gasteiger partial charge in [-0.1, -0.05) is 12.1 Å². The molecule has 1 saturated heterocycles. The third-order valence-corrected chi connectivity index (χ3v) is 5.32. The average molecular weight is 399 g/mol. The van der Waals surface area contributed by atoms with Crippen LogP contribution in [-0.4, -0.2) is 59.0 Å². The topological polar surface area (TPSA) is 88.5 Å². The number of methoxy groups -OCH3 is 1. The maximum atomic E-state index is 13.0. The molecule has 0 radical (unpaired) electrons. The third kappa shape index (κ3) is 4.95. The van der Waals surface area contributed by atoms with E-state index in [4.69, 9.17) is 4.74 Å². The second-order valence-corrected chi connectivity index (χ2v) is 7.75. The van der Waals surface area contributed by atoms with Crippen LogP contribution in [0.2, 0.25) is 0 Å². The van der Waals surface area contributed by atoms with Crippen LogP contribution in [0.3, 0.4) is 0 Å². The fourth-order valence-corrected chi connectivity index (χ4v) is 3.82. The van der Waals surface area contributed by atoms with Crippen LogP contribution >= 0.6 is 0 Å². The van der Waals surface area contributed by atoms with E-state index < -0.39 is 5.54 Å². The van der Waals surface area contributed by atoms with Gasteiger partial charge in [-0.05, 0) is 44.4 Å². The van der Waals surface area contributed by atoms with Crippen molar-refractivity contribution in [3.05, 3.63) is 47.3 Å². The number of benzene rings is 1. The number of carbonyl (C=O) groups excluding carboxylic acids is 2. The lowest BCUT2D eigenvalue weighted by Crippen LogP contribution is -2.53. The lowest BCUT2D eigenvalue weighted by molar-refractivity contribution is 0.0772. The van der Waals surface area contributed by atoms with Crippen LogP contribution in [0.1, 0.15) is 34.5 Å². The SMILES string of the molecule is COCCC1(NC(=O)Nc2cccc(C)c2)CCN(C(=O)c2cn(C)nc2C)C1. The molecule has 1 atom stereocenters. The molecule has 0 bridgehead atoms. The van der Waals surface area contributed by atoms with Crippen molar-refractivity contribution in [3.8, 4) is 0 Å². The molecule has 8 nitrogen and oxygen atoms in total. The van der Waals surface area contributed by atoms with E-state index in [9.17, 15) is 9.59 Å². The fraction of sp³-hybridized carbons (Fsp3) is 0.476. The Balaban J connectivity index is 1.71. The number of nitrogens with one attached hydrogen (secondary N) is 2. The Hall–Kier alpha value is -2.87. The van der Waals surface area contributed by atoms with Crippen molar-refractivity contribution in [1.29, 1.82) is 0 Å². The summed E-state index contributed by atoms with van der Waals surface area (Å²) in [7, 11) is 3.44. The summed E-state index contributed by atoms with van der Waals surface area (Å²) >= 11 is 0. The number of rotatable bonds is 6. The van der Waals surface area contributed by atoms with Crippen molar-refractivity contribution in [2.75, 3.05) is 32.1 Å². The van der Waals surface area contributed by atoms with Crippen LogP contribution in [0.15, 0.2) is 30.5 Å². The summed E-state index contributed by atoms with van der Waals surface area (Å²) in [6, 6.07) is 7.36. The zero-order valence-electron chi connectivity index (χ0n) is 17.5. The molecule has 2 heterocycles. The molecule has 0 saturated carbocycles. The maximum absolute atomic E-state index is 13.0.